The third kappa shape index (κ3) is 5.34. The van der Waals surface area contributed by atoms with Crippen LogP contribution in [0.25, 0.3) is 17.0 Å². The molecule has 2 aromatic carbocycles. The van der Waals surface area contributed by atoms with Crippen LogP contribution in [0.5, 0.6) is 0 Å². The molecule has 2 heterocycles. The lowest BCUT2D eigenvalue weighted by molar-refractivity contribution is -0.138. The summed E-state index contributed by atoms with van der Waals surface area (Å²) < 4.78 is 79.0. The molecule has 15 heteroatoms. The molecule has 4 rings (SSSR count). The number of carbonyl (C=O) groups excluding carboxylic acids is 2. The molecule has 184 valence electrons. The van der Waals surface area contributed by atoms with Crippen molar-refractivity contribution in [1.29, 1.82) is 0 Å². The van der Waals surface area contributed by atoms with E-state index in [0.29, 0.717) is 22.2 Å². The van der Waals surface area contributed by atoms with E-state index in [-0.39, 0.29) is 33.1 Å². The number of carbonyl (C=O) groups is 2. The first-order chi connectivity index (χ1) is 16.2. The molecule has 2 amide bonds. The van der Waals surface area contributed by atoms with Gasteiger partial charge in [-0.1, -0.05) is 17.7 Å². The van der Waals surface area contributed by atoms with Crippen molar-refractivity contribution in [2.45, 2.75) is 12.7 Å². The molecule has 8 nitrogen and oxygen atoms in total. The Hall–Kier alpha value is -2.94. The quantitative estimate of drug-likeness (QED) is 0.375. The number of hydrazine groups is 1. The summed E-state index contributed by atoms with van der Waals surface area (Å²) in [5.41, 5.74) is -0.980. The van der Waals surface area contributed by atoms with E-state index < -0.39 is 38.7 Å². The second-order valence-electron chi connectivity index (χ2n) is 7.41. The molecule has 1 aliphatic rings. The minimum absolute atomic E-state index is 0.0850. The standard InChI is InChI=1S/C20H13ClF4N4O4S2/c1-35(32,33)27-29-18(30)17(34-19(29)31)5-11-4-12-8-26-28(16(12)7-15(11)22)9-10-2-3-13(21)6-14(10)20(23,24)25/h2-8,27H,9H2,1H3. The van der Waals surface area contributed by atoms with E-state index in [0.717, 1.165) is 24.5 Å². The molecule has 35 heavy (non-hydrogen) atoms. The largest absolute Gasteiger partial charge is 0.416 e. The molecule has 0 saturated carbocycles. The number of benzene rings is 2. The highest BCUT2D eigenvalue weighted by Gasteiger charge is 2.37. The Morgan fingerprint density at radius 3 is 2.57 bits per heavy atom. The Kier molecular flexibility index (Phi) is 6.42. The lowest BCUT2D eigenvalue weighted by Crippen LogP contribution is -2.44. The van der Waals surface area contributed by atoms with Gasteiger partial charge in [-0.15, -0.1) is 4.83 Å². The van der Waals surface area contributed by atoms with E-state index >= 15 is 0 Å². The van der Waals surface area contributed by atoms with Gasteiger partial charge in [0, 0.05) is 22.0 Å². The number of hydrogen-bond acceptors (Lipinski definition) is 6. The van der Waals surface area contributed by atoms with Gasteiger partial charge in [0.1, 0.15) is 5.82 Å². The Morgan fingerprint density at radius 1 is 1.20 bits per heavy atom. The minimum atomic E-state index is -4.66. The summed E-state index contributed by atoms with van der Waals surface area (Å²) in [7, 11) is -3.91. The predicted octanol–water partition coefficient (Wildman–Crippen LogP) is 4.40. The van der Waals surface area contributed by atoms with Gasteiger partial charge >= 0.3 is 11.4 Å². The molecule has 0 atom stereocenters. The van der Waals surface area contributed by atoms with Crippen LogP contribution in [-0.2, 0) is 27.5 Å². The van der Waals surface area contributed by atoms with Crippen molar-refractivity contribution in [1.82, 2.24) is 19.6 Å². The molecule has 1 N–H and O–H groups in total. The molecule has 0 spiro atoms. The first-order valence-corrected chi connectivity index (χ1v) is 12.6. The van der Waals surface area contributed by atoms with E-state index in [1.165, 1.54) is 29.1 Å². The summed E-state index contributed by atoms with van der Waals surface area (Å²) in [5.74, 6) is -1.82. The number of nitrogens with one attached hydrogen (secondary N) is 1. The van der Waals surface area contributed by atoms with Crippen molar-refractivity contribution in [3.8, 4) is 0 Å². The van der Waals surface area contributed by atoms with Crippen molar-refractivity contribution in [2.75, 3.05) is 6.26 Å². The highest BCUT2D eigenvalue weighted by atomic mass is 35.5. The Morgan fingerprint density at radius 2 is 1.91 bits per heavy atom. The maximum Gasteiger partial charge on any atom is 0.416 e. The van der Waals surface area contributed by atoms with Gasteiger partial charge in [-0.25, -0.2) is 12.8 Å². The van der Waals surface area contributed by atoms with Crippen molar-refractivity contribution >= 4 is 61.5 Å². The van der Waals surface area contributed by atoms with Gasteiger partial charge in [0.2, 0.25) is 10.0 Å². The van der Waals surface area contributed by atoms with Crippen LogP contribution in [-0.4, -0.2) is 40.6 Å². The minimum Gasteiger partial charge on any atom is -0.266 e. The van der Waals surface area contributed by atoms with Crippen molar-refractivity contribution < 1.29 is 35.6 Å². The first-order valence-electron chi connectivity index (χ1n) is 9.49. The number of sulfonamides is 1. The van der Waals surface area contributed by atoms with Crippen LogP contribution in [0.4, 0.5) is 22.4 Å². The van der Waals surface area contributed by atoms with Crippen LogP contribution in [0.3, 0.4) is 0 Å². The third-order valence-corrected chi connectivity index (χ3v) is 6.41. The molecule has 1 aliphatic heterocycles. The molecule has 1 aromatic heterocycles. The number of imide groups is 1. The van der Waals surface area contributed by atoms with Crippen LogP contribution < -0.4 is 4.83 Å². The summed E-state index contributed by atoms with van der Waals surface area (Å²) in [4.78, 5) is 25.9. The fourth-order valence-corrected chi connectivity index (χ4v) is 4.82. The van der Waals surface area contributed by atoms with Gasteiger partial charge < -0.3 is 0 Å². The SMILES string of the molecule is CS(=O)(=O)NN1C(=O)SC(=Cc2cc3cnn(Cc4ccc(Cl)cc4C(F)(F)F)c3cc2F)C1=O. The molecule has 3 aromatic rings. The van der Waals surface area contributed by atoms with Crippen LogP contribution in [0, 0.1) is 5.82 Å². The third-order valence-electron chi connectivity index (χ3n) is 4.80. The van der Waals surface area contributed by atoms with Gasteiger partial charge in [0.25, 0.3) is 5.91 Å². The monoisotopic (exact) mass is 548 g/mol. The molecule has 0 bridgehead atoms. The summed E-state index contributed by atoms with van der Waals surface area (Å²) >= 11 is 6.12. The molecule has 1 fully saturated rings. The number of amides is 2. The predicted molar refractivity (Wildman–Crippen MR) is 121 cm³/mol. The van der Waals surface area contributed by atoms with Crippen LogP contribution >= 0.6 is 23.4 Å². The Balaban J connectivity index is 1.67. The summed E-state index contributed by atoms with van der Waals surface area (Å²) in [6, 6.07) is 5.66. The summed E-state index contributed by atoms with van der Waals surface area (Å²) in [6.45, 7) is -0.315. The van der Waals surface area contributed by atoms with Gasteiger partial charge in [0.05, 0.1) is 35.0 Å². The average molecular weight is 549 g/mol. The topological polar surface area (TPSA) is 101 Å². The number of nitrogens with zero attached hydrogens (tertiary/aromatic N) is 3. The normalized spacial score (nSPS) is 16.2. The van der Waals surface area contributed by atoms with E-state index in [9.17, 15) is 35.6 Å². The molecule has 0 unspecified atom stereocenters. The van der Waals surface area contributed by atoms with Crippen molar-refractivity contribution in [3.63, 3.8) is 0 Å². The second-order valence-corrected chi connectivity index (χ2v) is 10.6. The zero-order valence-electron chi connectivity index (χ0n) is 17.4. The summed E-state index contributed by atoms with van der Waals surface area (Å²) in [5, 5.41) is 3.70. The number of aromatic nitrogens is 2. The zero-order chi connectivity index (χ0) is 25.7. The van der Waals surface area contributed by atoms with Crippen LogP contribution in [0.2, 0.25) is 5.02 Å². The molecule has 1 saturated heterocycles. The highest BCUT2D eigenvalue weighted by Crippen LogP contribution is 2.35. The number of fused-ring (bicyclic) bond motifs is 1. The number of rotatable bonds is 5. The molecule has 0 radical (unpaired) electrons. The van der Waals surface area contributed by atoms with E-state index in [2.05, 4.69) is 5.10 Å². The second kappa shape index (κ2) is 8.93. The maximum absolute atomic E-state index is 14.9. The van der Waals surface area contributed by atoms with Crippen LogP contribution in [0.15, 0.2) is 41.4 Å². The Bertz CT molecular complexity index is 1520. The van der Waals surface area contributed by atoms with E-state index in [1.807, 2.05) is 0 Å². The van der Waals surface area contributed by atoms with Gasteiger partial charge in [-0.05, 0) is 41.6 Å². The first kappa shape index (κ1) is 25.2. The van der Waals surface area contributed by atoms with E-state index in [1.54, 1.807) is 4.83 Å². The number of halogens is 5. The fourth-order valence-electron chi connectivity index (χ4n) is 3.32. The molecular formula is C20H13ClF4N4O4S2. The zero-order valence-corrected chi connectivity index (χ0v) is 19.8. The van der Waals surface area contributed by atoms with Gasteiger partial charge in [-0.3, -0.25) is 14.3 Å². The average Bonchev–Trinajstić information content (AvgIpc) is 3.23. The van der Waals surface area contributed by atoms with Crippen molar-refractivity contribution in [3.05, 3.63) is 69.0 Å². The maximum atomic E-state index is 14.9. The lowest BCUT2D eigenvalue weighted by atomic mass is 10.1. The number of alkyl halides is 3. The van der Waals surface area contributed by atoms with E-state index in [4.69, 9.17) is 11.6 Å². The van der Waals surface area contributed by atoms with Crippen molar-refractivity contribution in [2.24, 2.45) is 0 Å². The van der Waals surface area contributed by atoms with Gasteiger partial charge in [0.15, 0.2) is 0 Å². The molecular weight excluding hydrogens is 536 g/mol. The highest BCUT2D eigenvalue weighted by molar-refractivity contribution is 8.18. The molecule has 0 aliphatic carbocycles. The lowest BCUT2D eigenvalue weighted by Gasteiger charge is -2.14. The van der Waals surface area contributed by atoms with Gasteiger partial charge in [-0.2, -0.15) is 23.3 Å². The Labute approximate surface area is 204 Å². The number of thioether (sulfide) groups is 1. The number of hydrogen-bond donors (Lipinski definition) is 1. The van der Waals surface area contributed by atoms with Crippen LogP contribution in [0.1, 0.15) is 16.7 Å². The smallest absolute Gasteiger partial charge is 0.266 e. The fraction of sp³-hybridized carbons (Fsp3) is 0.150. The summed E-state index contributed by atoms with van der Waals surface area (Å²) in [6.07, 6.45) is -1.52.